The standard InChI is InChI=1S/C17H21N3O2/c1-18-11-16(21)20-7-6-19(10-15(20)17(18)22)14-8-12-4-2-3-5-13(12)9-14/h2-5,14-15H,6-11H2,1H3. The van der Waals surface area contributed by atoms with Crippen molar-refractivity contribution in [2.24, 2.45) is 0 Å². The third kappa shape index (κ3) is 2.11. The SMILES string of the molecule is CN1CC(=O)N2CCN(C3Cc4ccccc4C3)CC2C1=O. The second kappa shape index (κ2) is 5.09. The quantitative estimate of drug-likeness (QED) is 0.741. The molecule has 2 saturated heterocycles. The third-order valence-corrected chi connectivity index (χ3v) is 5.31. The van der Waals surface area contributed by atoms with E-state index >= 15 is 0 Å². The number of likely N-dealkylation sites (N-methyl/N-ethyl adjacent to an activating group) is 1. The lowest BCUT2D eigenvalue weighted by Gasteiger charge is -2.46. The van der Waals surface area contributed by atoms with E-state index in [1.165, 1.54) is 11.1 Å². The smallest absolute Gasteiger partial charge is 0.246 e. The van der Waals surface area contributed by atoms with E-state index in [-0.39, 0.29) is 24.4 Å². The summed E-state index contributed by atoms with van der Waals surface area (Å²) in [6.07, 6.45) is 2.11. The Hall–Kier alpha value is -1.88. The maximum atomic E-state index is 12.4. The predicted molar refractivity (Wildman–Crippen MR) is 82.3 cm³/mol. The molecule has 1 aromatic rings. The lowest BCUT2D eigenvalue weighted by atomic mass is 10.0. The molecule has 2 aliphatic heterocycles. The zero-order valence-electron chi connectivity index (χ0n) is 12.9. The molecule has 5 heteroatoms. The first kappa shape index (κ1) is 13.8. The molecular weight excluding hydrogens is 278 g/mol. The first-order valence-electron chi connectivity index (χ1n) is 7.99. The number of hydrogen-bond donors (Lipinski definition) is 0. The highest BCUT2D eigenvalue weighted by Crippen LogP contribution is 2.28. The Balaban J connectivity index is 1.50. The number of benzene rings is 1. The first-order valence-corrected chi connectivity index (χ1v) is 7.99. The van der Waals surface area contributed by atoms with Gasteiger partial charge in [-0.25, -0.2) is 0 Å². The van der Waals surface area contributed by atoms with Crippen molar-refractivity contribution < 1.29 is 9.59 Å². The number of hydrogen-bond acceptors (Lipinski definition) is 3. The Labute approximate surface area is 130 Å². The van der Waals surface area contributed by atoms with Crippen molar-refractivity contribution >= 4 is 11.8 Å². The van der Waals surface area contributed by atoms with Crippen LogP contribution in [0.25, 0.3) is 0 Å². The van der Waals surface area contributed by atoms with Gasteiger partial charge in [-0.1, -0.05) is 24.3 Å². The van der Waals surface area contributed by atoms with Crippen molar-refractivity contribution in [1.29, 1.82) is 0 Å². The van der Waals surface area contributed by atoms with E-state index in [1.54, 1.807) is 16.8 Å². The molecule has 0 bridgehead atoms. The van der Waals surface area contributed by atoms with Crippen LogP contribution in [-0.4, -0.2) is 71.8 Å². The van der Waals surface area contributed by atoms with Gasteiger partial charge in [-0.3, -0.25) is 14.5 Å². The Morgan fingerprint density at radius 2 is 1.73 bits per heavy atom. The molecule has 4 rings (SSSR count). The fraction of sp³-hybridized carbons (Fsp3) is 0.529. The molecule has 5 nitrogen and oxygen atoms in total. The number of piperazine rings is 2. The van der Waals surface area contributed by atoms with Gasteiger partial charge in [0.05, 0.1) is 6.54 Å². The van der Waals surface area contributed by atoms with Gasteiger partial charge in [0.1, 0.15) is 6.04 Å². The largest absolute Gasteiger partial charge is 0.335 e. The summed E-state index contributed by atoms with van der Waals surface area (Å²) in [5, 5.41) is 0. The fourth-order valence-electron chi connectivity index (χ4n) is 4.07. The van der Waals surface area contributed by atoms with Gasteiger partial charge in [-0.05, 0) is 24.0 Å². The van der Waals surface area contributed by atoms with E-state index in [4.69, 9.17) is 0 Å². The van der Waals surface area contributed by atoms with E-state index in [0.29, 0.717) is 19.1 Å². The van der Waals surface area contributed by atoms with Crippen LogP contribution in [-0.2, 0) is 22.4 Å². The van der Waals surface area contributed by atoms with E-state index in [1.807, 2.05) is 0 Å². The summed E-state index contributed by atoms with van der Waals surface area (Å²) >= 11 is 0. The van der Waals surface area contributed by atoms with E-state index in [2.05, 4.69) is 29.2 Å². The summed E-state index contributed by atoms with van der Waals surface area (Å²) in [5.41, 5.74) is 2.86. The molecule has 116 valence electrons. The summed E-state index contributed by atoms with van der Waals surface area (Å²) < 4.78 is 0. The lowest BCUT2D eigenvalue weighted by molar-refractivity contribution is -0.158. The molecule has 0 aromatic heterocycles. The van der Waals surface area contributed by atoms with Gasteiger partial charge in [0.25, 0.3) is 0 Å². The maximum Gasteiger partial charge on any atom is 0.246 e. The van der Waals surface area contributed by atoms with Crippen LogP contribution < -0.4 is 0 Å². The zero-order chi connectivity index (χ0) is 15.3. The van der Waals surface area contributed by atoms with Crippen LogP contribution in [0.3, 0.4) is 0 Å². The molecule has 2 heterocycles. The summed E-state index contributed by atoms with van der Waals surface area (Å²) in [5.74, 6) is 0.168. The van der Waals surface area contributed by atoms with E-state index < -0.39 is 0 Å². The molecule has 2 amide bonds. The highest BCUT2D eigenvalue weighted by molar-refractivity contribution is 5.95. The Kier molecular flexibility index (Phi) is 3.18. The van der Waals surface area contributed by atoms with Gasteiger partial charge in [0.15, 0.2) is 0 Å². The van der Waals surface area contributed by atoms with Crippen molar-refractivity contribution in [3.63, 3.8) is 0 Å². The fourth-order valence-corrected chi connectivity index (χ4v) is 4.07. The third-order valence-electron chi connectivity index (χ3n) is 5.31. The van der Waals surface area contributed by atoms with Crippen LogP contribution in [0, 0.1) is 0 Å². The van der Waals surface area contributed by atoms with Crippen molar-refractivity contribution in [2.45, 2.75) is 24.9 Å². The van der Waals surface area contributed by atoms with Gasteiger partial charge in [0, 0.05) is 32.7 Å². The van der Waals surface area contributed by atoms with Crippen LogP contribution in [0.1, 0.15) is 11.1 Å². The molecule has 1 aliphatic carbocycles. The lowest BCUT2D eigenvalue weighted by Crippen LogP contribution is -2.67. The van der Waals surface area contributed by atoms with Gasteiger partial charge < -0.3 is 9.80 Å². The number of carbonyl (C=O) groups is 2. The predicted octanol–water partition coefficient (Wildman–Crippen LogP) is 0.139. The average Bonchev–Trinajstić information content (AvgIpc) is 2.96. The molecule has 1 aromatic carbocycles. The molecular formula is C17H21N3O2. The zero-order valence-corrected chi connectivity index (χ0v) is 12.9. The summed E-state index contributed by atoms with van der Waals surface area (Å²) in [6.45, 7) is 2.45. The molecule has 1 unspecified atom stereocenters. The van der Waals surface area contributed by atoms with Crippen molar-refractivity contribution in [2.75, 3.05) is 33.2 Å². The minimum atomic E-state index is -0.288. The number of carbonyl (C=O) groups excluding carboxylic acids is 2. The minimum absolute atomic E-state index is 0.0832. The minimum Gasteiger partial charge on any atom is -0.335 e. The monoisotopic (exact) mass is 299 g/mol. The van der Waals surface area contributed by atoms with E-state index in [9.17, 15) is 9.59 Å². The van der Waals surface area contributed by atoms with Gasteiger partial charge in [0.2, 0.25) is 11.8 Å². The summed E-state index contributed by atoms with van der Waals surface area (Å²) in [4.78, 5) is 30.2. The molecule has 0 saturated carbocycles. The van der Waals surface area contributed by atoms with Crippen LogP contribution in [0.4, 0.5) is 0 Å². The summed E-state index contributed by atoms with van der Waals surface area (Å²) in [7, 11) is 1.72. The first-order chi connectivity index (χ1) is 10.6. The molecule has 2 fully saturated rings. The highest BCUT2D eigenvalue weighted by Gasteiger charge is 2.43. The van der Waals surface area contributed by atoms with Crippen LogP contribution in [0.15, 0.2) is 24.3 Å². The van der Waals surface area contributed by atoms with Crippen molar-refractivity contribution in [3.8, 4) is 0 Å². The van der Waals surface area contributed by atoms with Gasteiger partial charge in [-0.2, -0.15) is 0 Å². The molecule has 22 heavy (non-hydrogen) atoms. The maximum absolute atomic E-state index is 12.4. The van der Waals surface area contributed by atoms with Crippen molar-refractivity contribution in [3.05, 3.63) is 35.4 Å². The Morgan fingerprint density at radius 3 is 2.41 bits per heavy atom. The Bertz CT molecular complexity index is 605. The molecule has 1 atom stereocenters. The molecule has 0 N–H and O–H groups in total. The number of nitrogens with zero attached hydrogens (tertiary/aromatic N) is 3. The van der Waals surface area contributed by atoms with Crippen LogP contribution in [0.5, 0.6) is 0 Å². The van der Waals surface area contributed by atoms with Crippen LogP contribution in [0.2, 0.25) is 0 Å². The molecule has 0 radical (unpaired) electrons. The van der Waals surface area contributed by atoms with Crippen LogP contribution >= 0.6 is 0 Å². The highest BCUT2D eigenvalue weighted by atomic mass is 16.2. The number of rotatable bonds is 1. The second-order valence-electron chi connectivity index (χ2n) is 6.62. The number of fused-ring (bicyclic) bond motifs is 2. The Morgan fingerprint density at radius 1 is 1.05 bits per heavy atom. The normalized spacial score (nSPS) is 26.3. The second-order valence-corrected chi connectivity index (χ2v) is 6.62. The topological polar surface area (TPSA) is 43.9 Å². The number of amides is 2. The average molecular weight is 299 g/mol. The summed E-state index contributed by atoms with van der Waals surface area (Å²) in [6, 6.07) is 8.77. The van der Waals surface area contributed by atoms with Gasteiger partial charge >= 0.3 is 0 Å². The molecule has 3 aliphatic rings. The van der Waals surface area contributed by atoms with Gasteiger partial charge in [-0.15, -0.1) is 0 Å². The van der Waals surface area contributed by atoms with Crippen molar-refractivity contribution in [1.82, 2.24) is 14.7 Å². The molecule has 0 spiro atoms. The van der Waals surface area contributed by atoms with E-state index in [0.717, 1.165) is 19.4 Å².